The third kappa shape index (κ3) is 2.61. The van der Waals surface area contributed by atoms with Crippen LogP contribution in [0, 0.1) is 5.82 Å². The fraction of sp³-hybridized carbons (Fsp3) is 0.200. The number of urea groups is 1. The number of benzene rings is 2. The van der Waals surface area contributed by atoms with Crippen molar-refractivity contribution in [3.05, 3.63) is 65.7 Å². The number of fused-ring (bicyclic) bond motifs is 2. The first-order valence-corrected chi connectivity index (χ1v) is 8.80. The van der Waals surface area contributed by atoms with Gasteiger partial charge in [-0.15, -0.1) is 0 Å². The minimum Gasteiger partial charge on any atom is -0.478 e. The number of nitrogens with one attached hydrogen (secondary N) is 2. The number of nitrogens with zero attached hydrogens (tertiary/aromatic N) is 1. The second kappa shape index (κ2) is 6.07. The summed E-state index contributed by atoms with van der Waals surface area (Å²) in [6, 6.07) is 12.9. The van der Waals surface area contributed by atoms with Gasteiger partial charge in [-0.2, -0.15) is 0 Å². The lowest BCUT2D eigenvalue weighted by Gasteiger charge is -2.34. The summed E-state index contributed by atoms with van der Waals surface area (Å²) in [6.07, 6.45) is 0. The van der Waals surface area contributed by atoms with Crippen LogP contribution in [0.25, 0.3) is 11.0 Å². The lowest BCUT2D eigenvalue weighted by Crippen LogP contribution is -2.53. The van der Waals surface area contributed by atoms with Crippen LogP contribution in [0.1, 0.15) is 11.3 Å². The van der Waals surface area contributed by atoms with E-state index in [0.29, 0.717) is 23.6 Å². The van der Waals surface area contributed by atoms with Crippen molar-refractivity contribution in [2.24, 2.45) is 0 Å². The van der Waals surface area contributed by atoms with Crippen molar-refractivity contribution in [1.29, 1.82) is 0 Å². The largest absolute Gasteiger partial charge is 0.478 e. The van der Waals surface area contributed by atoms with Crippen molar-refractivity contribution in [3.8, 4) is 5.75 Å². The SMILES string of the molecule is O=C1NC(=O)[C@@](CN2COc3cc(F)ccc3C2)(c2cc3ccccc3o2)N1. The van der Waals surface area contributed by atoms with Gasteiger partial charge in [-0.05, 0) is 18.2 Å². The van der Waals surface area contributed by atoms with Crippen molar-refractivity contribution in [2.75, 3.05) is 13.3 Å². The third-order valence-electron chi connectivity index (χ3n) is 5.07. The first kappa shape index (κ1) is 16.8. The maximum absolute atomic E-state index is 13.4. The molecule has 1 aromatic heterocycles. The highest BCUT2D eigenvalue weighted by molar-refractivity contribution is 6.07. The van der Waals surface area contributed by atoms with E-state index in [1.165, 1.54) is 12.1 Å². The molecule has 3 aromatic rings. The third-order valence-corrected chi connectivity index (χ3v) is 5.07. The van der Waals surface area contributed by atoms with E-state index in [4.69, 9.17) is 9.15 Å². The molecule has 0 radical (unpaired) electrons. The van der Waals surface area contributed by atoms with Crippen LogP contribution in [0.2, 0.25) is 0 Å². The quantitative estimate of drug-likeness (QED) is 0.681. The molecule has 2 aliphatic rings. The van der Waals surface area contributed by atoms with Gasteiger partial charge >= 0.3 is 6.03 Å². The Bertz CT molecular complexity index is 1080. The minimum absolute atomic E-state index is 0.140. The highest BCUT2D eigenvalue weighted by Gasteiger charge is 2.51. The Kier molecular flexibility index (Phi) is 3.63. The molecule has 8 heteroatoms. The van der Waals surface area contributed by atoms with Gasteiger partial charge in [0.2, 0.25) is 0 Å². The predicted molar refractivity (Wildman–Crippen MR) is 96.9 cm³/mol. The average molecular weight is 381 g/mol. The number of hydrogen-bond acceptors (Lipinski definition) is 5. The summed E-state index contributed by atoms with van der Waals surface area (Å²) in [7, 11) is 0. The predicted octanol–water partition coefficient (Wildman–Crippen LogP) is 2.46. The van der Waals surface area contributed by atoms with Crippen LogP contribution >= 0.6 is 0 Å². The number of carbonyl (C=O) groups excluding carboxylic acids is 2. The number of carbonyl (C=O) groups is 2. The van der Waals surface area contributed by atoms with E-state index in [1.807, 2.05) is 23.1 Å². The second-order valence-electron chi connectivity index (χ2n) is 6.97. The number of hydrogen-bond donors (Lipinski definition) is 2. The average Bonchev–Trinajstić information content (AvgIpc) is 3.23. The smallest absolute Gasteiger partial charge is 0.322 e. The Morgan fingerprint density at radius 1 is 1.14 bits per heavy atom. The first-order valence-electron chi connectivity index (χ1n) is 8.80. The van der Waals surface area contributed by atoms with E-state index in [2.05, 4.69) is 10.6 Å². The van der Waals surface area contributed by atoms with E-state index < -0.39 is 17.5 Å². The Morgan fingerprint density at radius 3 is 2.79 bits per heavy atom. The van der Waals surface area contributed by atoms with E-state index >= 15 is 0 Å². The molecule has 0 saturated carbocycles. The van der Waals surface area contributed by atoms with Crippen LogP contribution in [0.5, 0.6) is 5.75 Å². The number of halogens is 1. The number of ether oxygens (including phenoxy) is 1. The summed E-state index contributed by atoms with van der Waals surface area (Å²) in [5.41, 5.74) is 0.0514. The number of imide groups is 1. The zero-order valence-electron chi connectivity index (χ0n) is 14.7. The van der Waals surface area contributed by atoms with Crippen molar-refractivity contribution in [3.63, 3.8) is 0 Å². The molecule has 0 bridgehead atoms. The molecule has 7 nitrogen and oxygen atoms in total. The van der Waals surface area contributed by atoms with E-state index in [-0.39, 0.29) is 19.1 Å². The minimum atomic E-state index is -1.38. The summed E-state index contributed by atoms with van der Waals surface area (Å²) in [4.78, 5) is 26.6. The molecule has 0 unspecified atom stereocenters. The van der Waals surface area contributed by atoms with Gasteiger partial charge < -0.3 is 14.5 Å². The molecule has 1 atom stereocenters. The lowest BCUT2D eigenvalue weighted by atomic mass is 9.95. The molecular weight excluding hydrogens is 365 g/mol. The number of rotatable bonds is 3. The lowest BCUT2D eigenvalue weighted by molar-refractivity contribution is -0.126. The maximum atomic E-state index is 13.4. The Balaban J connectivity index is 1.51. The standard InChI is InChI=1S/C20H16FN3O4/c21-14-6-5-13-9-24(11-27-16(13)8-14)10-20(18(25)22-19(26)23-20)17-7-12-3-1-2-4-15(12)28-17/h1-8H,9-11H2,(H2,22,23,25,26)/t20-/m1/s1. The fourth-order valence-electron chi connectivity index (χ4n) is 3.72. The molecule has 3 amide bonds. The van der Waals surface area contributed by atoms with Gasteiger partial charge in [0.1, 0.15) is 29.6 Å². The second-order valence-corrected chi connectivity index (χ2v) is 6.97. The van der Waals surface area contributed by atoms with Crippen molar-refractivity contribution in [1.82, 2.24) is 15.5 Å². The van der Waals surface area contributed by atoms with Crippen LogP contribution in [-0.2, 0) is 16.9 Å². The normalized spacial score (nSPS) is 21.9. The number of amides is 3. The number of furan rings is 1. The Labute approximate surface area is 159 Å². The summed E-state index contributed by atoms with van der Waals surface area (Å²) in [6.45, 7) is 0.740. The summed E-state index contributed by atoms with van der Waals surface area (Å²) in [5.74, 6) is -0.0225. The van der Waals surface area contributed by atoms with E-state index in [1.54, 1.807) is 18.2 Å². The van der Waals surface area contributed by atoms with Crippen molar-refractivity contribution in [2.45, 2.75) is 12.1 Å². The summed E-state index contributed by atoms with van der Waals surface area (Å²) >= 11 is 0. The molecule has 3 heterocycles. The van der Waals surface area contributed by atoms with E-state index in [9.17, 15) is 14.0 Å². The van der Waals surface area contributed by atoms with Crippen LogP contribution < -0.4 is 15.4 Å². The Hall–Kier alpha value is -3.39. The molecule has 2 aromatic carbocycles. The molecule has 0 aliphatic carbocycles. The molecule has 28 heavy (non-hydrogen) atoms. The Morgan fingerprint density at radius 2 is 2.00 bits per heavy atom. The highest BCUT2D eigenvalue weighted by atomic mass is 19.1. The van der Waals surface area contributed by atoms with Gasteiger partial charge in [-0.25, -0.2) is 9.18 Å². The van der Waals surface area contributed by atoms with Crippen LogP contribution in [0.4, 0.5) is 9.18 Å². The number of para-hydroxylation sites is 1. The van der Waals surface area contributed by atoms with Gasteiger partial charge in [0.25, 0.3) is 5.91 Å². The first-order chi connectivity index (χ1) is 13.5. The monoisotopic (exact) mass is 381 g/mol. The van der Waals surface area contributed by atoms with Crippen LogP contribution in [0.15, 0.2) is 52.9 Å². The molecule has 1 fully saturated rings. The van der Waals surface area contributed by atoms with Crippen LogP contribution in [0.3, 0.4) is 0 Å². The van der Waals surface area contributed by atoms with Crippen molar-refractivity contribution >= 4 is 22.9 Å². The summed E-state index contributed by atoms with van der Waals surface area (Å²) in [5, 5.41) is 5.86. The molecule has 142 valence electrons. The zero-order valence-corrected chi connectivity index (χ0v) is 14.7. The van der Waals surface area contributed by atoms with Gasteiger partial charge in [-0.1, -0.05) is 24.3 Å². The van der Waals surface area contributed by atoms with Gasteiger partial charge in [0, 0.05) is 30.1 Å². The van der Waals surface area contributed by atoms with E-state index in [0.717, 1.165) is 10.9 Å². The molecule has 2 N–H and O–H groups in total. The molecule has 1 saturated heterocycles. The summed E-state index contributed by atoms with van der Waals surface area (Å²) < 4.78 is 24.9. The topological polar surface area (TPSA) is 83.8 Å². The molecular formula is C20H16FN3O4. The molecule has 2 aliphatic heterocycles. The van der Waals surface area contributed by atoms with Gasteiger partial charge in [0.15, 0.2) is 5.54 Å². The maximum Gasteiger partial charge on any atom is 0.322 e. The van der Waals surface area contributed by atoms with Crippen molar-refractivity contribution < 1.29 is 23.1 Å². The van der Waals surface area contributed by atoms with Crippen LogP contribution in [-0.4, -0.2) is 30.1 Å². The molecule has 5 rings (SSSR count). The highest BCUT2D eigenvalue weighted by Crippen LogP contribution is 2.33. The van der Waals surface area contributed by atoms with Gasteiger partial charge in [0.05, 0.1) is 0 Å². The van der Waals surface area contributed by atoms with Gasteiger partial charge in [-0.3, -0.25) is 15.0 Å². The fourth-order valence-corrected chi connectivity index (χ4v) is 3.72. The molecule has 0 spiro atoms. The zero-order chi connectivity index (χ0) is 19.3.